The number of nitrogens with two attached hydrogens (primary N) is 1. The SMILES string of the molecule is CCOC(=O)COC1CCN(C(=O)[C@H](CN)C(=O)OC(C)(C)C)CC1. The normalized spacial score (nSPS) is 17.1. The van der Waals surface area contributed by atoms with Crippen LogP contribution < -0.4 is 5.73 Å². The molecule has 0 bridgehead atoms. The molecular weight excluding hydrogens is 328 g/mol. The van der Waals surface area contributed by atoms with Crippen molar-refractivity contribution in [2.45, 2.75) is 52.2 Å². The second kappa shape index (κ2) is 9.72. The number of hydrogen-bond donors (Lipinski definition) is 1. The highest BCUT2D eigenvalue weighted by Gasteiger charge is 2.35. The zero-order valence-electron chi connectivity index (χ0n) is 15.6. The topological polar surface area (TPSA) is 108 Å². The Bertz CT molecular complexity index is 466. The van der Waals surface area contributed by atoms with Gasteiger partial charge in [0.05, 0.1) is 12.7 Å². The molecule has 0 spiro atoms. The van der Waals surface area contributed by atoms with E-state index in [1.165, 1.54) is 0 Å². The highest BCUT2D eigenvalue weighted by atomic mass is 16.6. The Hall–Kier alpha value is -1.67. The first-order valence-corrected chi connectivity index (χ1v) is 8.66. The number of piperidine rings is 1. The lowest BCUT2D eigenvalue weighted by Crippen LogP contribution is -2.48. The van der Waals surface area contributed by atoms with Crippen LogP contribution in [0.15, 0.2) is 0 Å². The molecule has 0 aromatic heterocycles. The molecule has 1 rings (SSSR count). The third-order valence-electron chi connectivity index (χ3n) is 3.72. The second-order valence-electron chi connectivity index (χ2n) is 6.96. The van der Waals surface area contributed by atoms with Crippen molar-refractivity contribution in [2.75, 3.05) is 32.8 Å². The van der Waals surface area contributed by atoms with Gasteiger partial charge in [-0.2, -0.15) is 0 Å². The predicted octanol–water partition coefficient (Wildman–Crippen LogP) is 0.474. The van der Waals surface area contributed by atoms with Gasteiger partial charge in [0.25, 0.3) is 0 Å². The standard InChI is InChI=1S/C17H30N2O6/c1-5-23-14(20)11-24-12-6-8-19(9-7-12)15(21)13(10-18)16(22)25-17(2,3)4/h12-13H,5-11,18H2,1-4H3/t13-/m0/s1. The lowest BCUT2D eigenvalue weighted by Gasteiger charge is -2.34. The minimum Gasteiger partial charge on any atom is -0.464 e. The number of carbonyl (C=O) groups excluding carboxylic acids is 3. The van der Waals surface area contributed by atoms with E-state index in [9.17, 15) is 14.4 Å². The van der Waals surface area contributed by atoms with E-state index in [2.05, 4.69) is 0 Å². The Kier molecular flexibility index (Phi) is 8.31. The lowest BCUT2D eigenvalue weighted by molar-refractivity contribution is -0.165. The van der Waals surface area contributed by atoms with Crippen molar-refractivity contribution in [1.82, 2.24) is 4.90 Å². The van der Waals surface area contributed by atoms with Gasteiger partial charge in [-0.05, 0) is 40.5 Å². The van der Waals surface area contributed by atoms with Crippen LogP contribution in [0.2, 0.25) is 0 Å². The van der Waals surface area contributed by atoms with Crippen molar-refractivity contribution >= 4 is 17.8 Å². The fraction of sp³-hybridized carbons (Fsp3) is 0.824. The first kappa shape index (κ1) is 21.4. The van der Waals surface area contributed by atoms with Gasteiger partial charge in [-0.25, -0.2) is 4.79 Å². The maximum Gasteiger partial charge on any atom is 0.332 e. The maximum absolute atomic E-state index is 12.5. The highest BCUT2D eigenvalue weighted by Crippen LogP contribution is 2.18. The van der Waals surface area contributed by atoms with Crippen LogP contribution in [0, 0.1) is 5.92 Å². The van der Waals surface area contributed by atoms with Gasteiger partial charge < -0.3 is 24.8 Å². The number of nitrogens with zero attached hydrogens (tertiary/aromatic N) is 1. The fourth-order valence-corrected chi connectivity index (χ4v) is 2.52. The first-order valence-electron chi connectivity index (χ1n) is 8.66. The van der Waals surface area contributed by atoms with Gasteiger partial charge in [0.2, 0.25) is 5.91 Å². The van der Waals surface area contributed by atoms with Crippen LogP contribution in [0.1, 0.15) is 40.5 Å². The number of rotatable bonds is 7. The summed E-state index contributed by atoms with van der Waals surface area (Å²) in [5, 5.41) is 0. The molecule has 144 valence electrons. The van der Waals surface area contributed by atoms with E-state index in [0.717, 1.165) is 0 Å². The molecule has 8 nitrogen and oxygen atoms in total. The molecule has 2 N–H and O–H groups in total. The Balaban J connectivity index is 2.48. The van der Waals surface area contributed by atoms with E-state index < -0.39 is 23.5 Å². The van der Waals surface area contributed by atoms with E-state index in [4.69, 9.17) is 19.9 Å². The van der Waals surface area contributed by atoms with Gasteiger partial charge in [0.1, 0.15) is 18.1 Å². The highest BCUT2D eigenvalue weighted by molar-refractivity contribution is 5.98. The minimum atomic E-state index is -0.990. The molecule has 8 heteroatoms. The van der Waals surface area contributed by atoms with Gasteiger partial charge in [-0.3, -0.25) is 9.59 Å². The molecule has 0 unspecified atom stereocenters. The van der Waals surface area contributed by atoms with E-state index in [1.54, 1.807) is 32.6 Å². The molecule has 0 aromatic rings. The first-order chi connectivity index (χ1) is 11.7. The van der Waals surface area contributed by atoms with Gasteiger partial charge in [-0.1, -0.05) is 0 Å². The van der Waals surface area contributed by atoms with Crippen LogP contribution in [0.4, 0.5) is 0 Å². The average Bonchev–Trinajstić information content (AvgIpc) is 2.52. The Morgan fingerprint density at radius 2 is 1.80 bits per heavy atom. The van der Waals surface area contributed by atoms with E-state index >= 15 is 0 Å². The smallest absolute Gasteiger partial charge is 0.332 e. The van der Waals surface area contributed by atoms with Crippen LogP contribution in [0.5, 0.6) is 0 Å². The van der Waals surface area contributed by atoms with Crippen molar-refractivity contribution in [3.05, 3.63) is 0 Å². The number of hydrogen-bond acceptors (Lipinski definition) is 7. The Morgan fingerprint density at radius 3 is 2.28 bits per heavy atom. The molecular formula is C17H30N2O6. The Labute approximate surface area is 148 Å². The Morgan fingerprint density at radius 1 is 1.20 bits per heavy atom. The zero-order chi connectivity index (χ0) is 19.0. The molecule has 1 fully saturated rings. The third kappa shape index (κ3) is 7.39. The molecule has 0 saturated carbocycles. The van der Waals surface area contributed by atoms with Gasteiger partial charge in [0, 0.05) is 19.6 Å². The summed E-state index contributed by atoms with van der Waals surface area (Å²) in [6.07, 6.45) is 1.08. The van der Waals surface area contributed by atoms with Crippen LogP contribution in [0.25, 0.3) is 0 Å². The zero-order valence-corrected chi connectivity index (χ0v) is 15.6. The fourth-order valence-electron chi connectivity index (χ4n) is 2.52. The van der Waals surface area contributed by atoms with Crippen molar-refractivity contribution in [3.63, 3.8) is 0 Å². The molecule has 1 aliphatic rings. The summed E-state index contributed by atoms with van der Waals surface area (Å²) in [6.45, 7) is 8.01. The second-order valence-corrected chi connectivity index (χ2v) is 6.96. The predicted molar refractivity (Wildman–Crippen MR) is 90.6 cm³/mol. The summed E-state index contributed by atoms with van der Waals surface area (Å²) in [5.74, 6) is -2.30. The van der Waals surface area contributed by atoms with E-state index in [0.29, 0.717) is 32.5 Å². The number of likely N-dealkylation sites (tertiary alicyclic amines) is 1. The van der Waals surface area contributed by atoms with E-state index in [1.807, 2.05) is 0 Å². The number of ether oxygens (including phenoxy) is 3. The molecule has 0 radical (unpaired) electrons. The number of amides is 1. The van der Waals surface area contributed by atoms with Crippen LogP contribution >= 0.6 is 0 Å². The van der Waals surface area contributed by atoms with Crippen LogP contribution in [0.3, 0.4) is 0 Å². The third-order valence-corrected chi connectivity index (χ3v) is 3.72. The molecule has 1 heterocycles. The number of carbonyl (C=O) groups is 3. The number of esters is 2. The molecule has 1 amide bonds. The summed E-state index contributed by atoms with van der Waals surface area (Å²) in [6, 6.07) is 0. The van der Waals surface area contributed by atoms with Gasteiger partial charge in [0.15, 0.2) is 0 Å². The molecule has 0 aliphatic carbocycles. The van der Waals surface area contributed by atoms with Gasteiger partial charge >= 0.3 is 11.9 Å². The van der Waals surface area contributed by atoms with Crippen molar-refractivity contribution in [2.24, 2.45) is 11.7 Å². The monoisotopic (exact) mass is 358 g/mol. The molecule has 1 aliphatic heterocycles. The summed E-state index contributed by atoms with van der Waals surface area (Å²) in [5.41, 5.74) is 4.94. The largest absolute Gasteiger partial charge is 0.464 e. The molecule has 1 saturated heterocycles. The van der Waals surface area contributed by atoms with Gasteiger partial charge in [-0.15, -0.1) is 0 Å². The molecule has 0 aromatic carbocycles. The lowest BCUT2D eigenvalue weighted by atomic mass is 10.0. The molecule has 25 heavy (non-hydrogen) atoms. The summed E-state index contributed by atoms with van der Waals surface area (Å²) >= 11 is 0. The maximum atomic E-state index is 12.5. The summed E-state index contributed by atoms with van der Waals surface area (Å²) in [4.78, 5) is 37.6. The quantitative estimate of drug-likeness (QED) is 0.521. The van der Waals surface area contributed by atoms with Crippen molar-refractivity contribution < 1.29 is 28.6 Å². The summed E-state index contributed by atoms with van der Waals surface area (Å²) < 4.78 is 15.6. The van der Waals surface area contributed by atoms with Crippen LogP contribution in [-0.4, -0.2) is 67.3 Å². The van der Waals surface area contributed by atoms with E-state index in [-0.39, 0.29) is 25.2 Å². The minimum absolute atomic E-state index is 0.0875. The van der Waals surface area contributed by atoms with Crippen molar-refractivity contribution in [1.29, 1.82) is 0 Å². The average molecular weight is 358 g/mol. The van der Waals surface area contributed by atoms with Crippen molar-refractivity contribution in [3.8, 4) is 0 Å². The van der Waals surface area contributed by atoms with Crippen LogP contribution in [-0.2, 0) is 28.6 Å². The molecule has 1 atom stereocenters. The summed E-state index contributed by atoms with van der Waals surface area (Å²) in [7, 11) is 0.